The number of ether oxygens (including phenoxy) is 3. The molecule has 0 radical (unpaired) electrons. The van der Waals surface area contributed by atoms with E-state index in [0.717, 1.165) is 5.56 Å². The number of furan rings is 1. The zero-order valence-electron chi connectivity index (χ0n) is 17.4. The highest BCUT2D eigenvalue weighted by Gasteiger charge is 2.25. The van der Waals surface area contributed by atoms with E-state index in [1.165, 1.54) is 0 Å². The van der Waals surface area contributed by atoms with Gasteiger partial charge in [-0.2, -0.15) is 0 Å². The van der Waals surface area contributed by atoms with Crippen molar-refractivity contribution in [3.8, 4) is 23.1 Å². The Morgan fingerprint density at radius 3 is 2.61 bits per heavy atom. The van der Waals surface area contributed by atoms with Crippen molar-refractivity contribution < 1.29 is 23.4 Å². The Kier molecular flexibility index (Phi) is 5.87. The van der Waals surface area contributed by atoms with E-state index in [-0.39, 0.29) is 31.7 Å². The fraction of sp³-hybridized carbons (Fsp3) is 0.120. The highest BCUT2D eigenvalue weighted by molar-refractivity contribution is 6.31. The molecule has 0 fully saturated rings. The maximum absolute atomic E-state index is 13.7. The predicted octanol–water partition coefficient (Wildman–Crippen LogP) is 5.69. The molecule has 166 valence electrons. The van der Waals surface area contributed by atoms with Gasteiger partial charge in [-0.05, 0) is 48.0 Å². The second-order valence-corrected chi connectivity index (χ2v) is 7.72. The molecule has 33 heavy (non-hydrogen) atoms. The third-order valence-electron chi connectivity index (χ3n) is 5.08. The smallest absolute Gasteiger partial charge is 0.260 e. The van der Waals surface area contributed by atoms with Gasteiger partial charge >= 0.3 is 0 Å². The third kappa shape index (κ3) is 4.63. The van der Waals surface area contributed by atoms with E-state index in [0.29, 0.717) is 33.6 Å². The number of carbonyl (C=O) groups is 1. The highest BCUT2D eigenvalue weighted by atomic mass is 35.5. The van der Waals surface area contributed by atoms with Crippen molar-refractivity contribution in [1.82, 2.24) is 9.88 Å². The van der Waals surface area contributed by atoms with Gasteiger partial charge in [-0.25, -0.2) is 4.98 Å². The Morgan fingerprint density at radius 2 is 1.82 bits per heavy atom. The molecule has 0 unspecified atom stereocenters. The number of rotatable bonds is 7. The lowest BCUT2D eigenvalue weighted by atomic mass is 10.1. The Morgan fingerprint density at radius 1 is 1.00 bits per heavy atom. The molecule has 4 aromatic rings. The fourth-order valence-electron chi connectivity index (χ4n) is 3.48. The lowest BCUT2D eigenvalue weighted by molar-refractivity contribution is 0.0714. The molecule has 0 bridgehead atoms. The minimum atomic E-state index is -0.279. The zero-order valence-corrected chi connectivity index (χ0v) is 18.2. The second kappa shape index (κ2) is 9.26. The van der Waals surface area contributed by atoms with E-state index < -0.39 is 0 Å². The van der Waals surface area contributed by atoms with Crippen molar-refractivity contribution in [3.63, 3.8) is 0 Å². The van der Waals surface area contributed by atoms with Crippen LogP contribution in [0.15, 0.2) is 83.6 Å². The standard InChI is InChI=1S/C25H19ClN2O5/c26-21-13-23-22(31-16-32-23)12-17(21)14-28(15-19-8-5-11-30-19)25(29)20-9-4-10-27-24(20)33-18-6-2-1-3-7-18/h1-13H,14-16H2. The molecule has 1 aliphatic heterocycles. The van der Waals surface area contributed by atoms with Crippen molar-refractivity contribution in [2.45, 2.75) is 13.1 Å². The summed E-state index contributed by atoms with van der Waals surface area (Å²) in [6.07, 6.45) is 3.15. The minimum absolute atomic E-state index is 0.139. The summed E-state index contributed by atoms with van der Waals surface area (Å²) >= 11 is 6.49. The van der Waals surface area contributed by atoms with E-state index in [1.54, 1.807) is 59.8 Å². The van der Waals surface area contributed by atoms with Crippen molar-refractivity contribution >= 4 is 17.5 Å². The molecule has 2 aromatic heterocycles. The molecule has 3 heterocycles. The van der Waals surface area contributed by atoms with Crippen LogP contribution >= 0.6 is 11.6 Å². The summed E-state index contributed by atoms with van der Waals surface area (Å²) in [5.74, 6) is 2.33. The van der Waals surface area contributed by atoms with E-state index in [4.69, 9.17) is 30.2 Å². The first-order chi connectivity index (χ1) is 16.2. The van der Waals surface area contributed by atoms with Gasteiger partial charge in [-0.15, -0.1) is 0 Å². The Hall–Kier alpha value is -3.97. The topological polar surface area (TPSA) is 74.0 Å². The molecule has 5 rings (SSSR count). The number of hydrogen-bond acceptors (Lipinski definition) is 6. The van der Waals surface area contributed by atoms with Gasteiger partial charge in [-0.1, -0.05) is 29.8 Å². The van der Waals surface area contributed by atoms with Gasteiger partial charge in [0, 0.05) is 23.8 Å². The number of carbonyl (C=O) groups excluding carboxylic acids is 1. The first kappa shape index (κ1) is 20.9. The van der Waals surface area contributed by atoms with Gasteiger partial charge < -0.3 is 23.5 Å². The number of para-hydroxylation sites is 1. The van der Waals surface area contributed by atoms with E-state index in [2.05, 4.69) is 4.98 Å². The van der Waals surface area contributed by atoms with E-state index in [9.17, 15) is 4.79 Å². The molecule has 0 saturated carbocycles. The molecule has 2 aromatic carbocycles. The summed E-state index contributed by atoms with van der Waals surface area (Å²) in [5, 5.41) is 0.475. The molecule has 8 heteroatoms. The van der Waals surface area contributed by atoms with E-state index >= 15 is 0 Å². The van der Waals surface area contributed by atoms with Gasteiger partial charge in [-0.3, -0.25) is 4.79 Å². The number of nitrogens with zero attached hydrogens (tertiary/aromatic N) is 2. The van der Waals surface area contributed by atoms with Crippen molar-refractivity contribution in [2.24, 2.45) is 0 Å². The molecule has 1 amide bonds. The van der Waals surface area contributed by atoms with Crippen LogP contribution in [0.1, 0.15) is 21.7 Å². The van der Waals surface area contributed by atoms with Crippen LogP contribution in [0.3, 0.4) is 0 Å². The van der Waals surface area contributed by atoms with Crippen LogP contribution in [0.4, 0.5) is 0 Å². The quantitative estimate of drug-likeness (QED) is 0.351. The monoisotopic (exact) mass is 462 g/mol. The van der Waals surface area contributed by atoms with Crippen LogP contribution in [0, 0.1) is 0 Å². The summed E-state index contributed by atoms with van der Waals surface area (Å²) in [6.45, 7) is 0.588. The molecule has 1 aliphatic rings. The van der Waals surface area contributed by atoms with Crippen molar-refractivity contribution in [3.05, 3.63) is 101 Å². The largest absolute Gasteiger partial charge is 0.467 e. The Bertz CT molecular complexity index is 1260. The predicted molar refractivity (Wildman–Crippen MR) is 121 cm³/mol. The van der Waals surface area contributed by atoms with Gasteiger partial charge in [0.2, 0.25) is 12.7 Å². The molecule has 0 N–H and O–H groups in total. The second-order valence-electron chi connectivity index (χ2n) is 7.31. The maximum Gasteiger partial charge on any atom is 0.260 e. The van der Waals surface area contributed by atoms with Crippen LogP contribution in [-0.2, 0) is 13.1 Å². The van der Waals surface area contributed by atoms with Crippen LogP contribution in [-0.4, -0.2) is 22.6 Å². The van der Waals surface area contributed by atoms with Gasteiger partial charge in [0.05, 0.1) is 12.8 Å². The first-order valence-corrected chi connectivity index (χ1v) is 10.6. The van der Waals surface area contributed by atoms with Crippen LogP contribution in [0.5, 0.6) is 23.1 Å². The van der Waals surface area contributed by atoms with Gasteiger partial charge in [0.15, 0.2) is 11.5 Å². The molecule has 0 atom stereocenters. The summed E-state index contributed by atoms with van der Waals surface area (Å²) in [4.78, 5) is 19.6. The van der Waals surface area contributed by atoms with Gasteiger partial charge in [0.1, 0.15) is 17.1 Å². The van der Waals surface area contributed by atoms with Crippen molar-refractivity contribution in [2.75, 3.05) is 6.79 Å². The lowest BCUT2D eigenvalue weighted by Crippen LogP contribution is -2.30. The molecule has 0 aliphatic carbocycles. The SMILES string of the molecule is O=C(c1cccnc1Oc1ccccc1)N(Cc1ccco1)Cc1cc2c(cc1Cl)OCO2. The highest BCUT2D eigenvalue weighted by Crippen LogP contribution is 2.37. The average molecular weight is 463 g/mol. The average Bonchev–Trinajstić information content (AvgIpc) is 3.51. The first-order valence-electron chi connectivity index (χ1n) is 10.2. The van der Waals surface area contributed by atoms with Crippen LogP contribution in [0.2, 0.25) is 5.02 Å². The number of benzene rings is 2. The van der Waals surface area contributed by atoms with Gasteiger partial charge in [0.25, 0.3) is 5.91 Å². The third-order valence-corrected chi connectivity index (χ3v) is 5.43. The maximum atomic E-state index is 13.7. The number of halogens is 1. The van der Waals surface area contributed by atoms with Crippen molar-refractivity contribution in [1.29, 1.82) is 0 Å². The number of fused-ring (bicyclic) bond motifs is 1. The fourth-order valence-corrected chi connectivity index (χ4v) is 3.70. The number of amides is 1. The zero-order chi connectivity index (χ0) is 22.6. The lowest BCUT2D eigenvalue weighted by Gasteiger charge is -2.23. The van der Waals surface area contributed by atoms with E-state index in [1.807, 2.05) is 24.3 Å². The minimum Gasteiger partial charge on any atom is -0.467 e. The Balaban J connectivity index is 1.47. The summed E-state index contributed by atoms with van der Waals surface area (Å²) in [7, 11) is 0. The number of hydrogen-bond donors (Lipinski definition) is 0. The normalized spacial score (nSPS) is 11.9. The Labute approximate surface area is 195 Å². The molecule has 0 spiro atoms. The summed E-state index contributed by atoms with van der Waals surface area (Å²) in [6, 6.07) is 19.7. The number of aromatic nitrogens is 1. The van der Waals surface area contributed by atoms with Crippen LogP contribution in [0.25, 0.3) is 0 Å². The molecule has 7 nitrogen and oxygen atoms in total. The van der Waals surface area contributed by atoms with Crippen LogP contribution < -0.4 is 14.2 Å². The molecular weight excluding hydrogens is 444 g/mol. The number of pyridine rings is 1. The molecule has 0 saturated heterocycles. The molecular formula is C25H19ClN2O5. The summed E-state index contributed by atoms with van der Waals surface area (Å²) < 4.78 is 22.3. The summed E-state index contributed by atoms with van der Waals surface area (Å²) in [5.41, 5.74) is 1.04.